The van der Waals surface area contributed by atoms with E-state index in [0.29, 0.717) is 0 Å². The molecule has 0 aliphatic rings. The van der Waals surface area contributed by atoms with Gasteiger partial charge in [0.1, 0.15) is 11.5 Å². The summed E-state index contributed by atoms with van der Waals surface area (Å²) >= 11 is 0. The van der Waals surface area contributed by atoms with Crippen molar-refractivity contribution in [3.8, 4) is 0 Å². The Kier molecular flexibility index (Phi) is 2.96. The van der Waals surface area contributed by atoms with Crippen molar-refractivity contribution >= 4 is 0 Å². The van der Waals surface area contributed by atoms with Gasteiger partial charge in [0.25, 0.3) is 0 Å². The van der Waals surface area contributed by atoms with Crippen LogP contribution in [0.1, 0.15) is 24.9 Å². The summed E-state index contributed by atoms with van der Waals surface area (Å²) in [6.07, 6.45) is 4.87. The third-order valence-electron chi connectivity index (χ3n) is 1.56. The van der Waals surface area contributed by atoms with Crippen LogP contribution in [0.4, 0.5) is 0 Å². The Morgan fingerprint density at radius 1 is 1.45 bits per heavy atom. The molecule has 0 bridgehead atoms. The highest BCUT2D eigenvalue weighted by Gasteiger charge is 1.97. The van der Waals surface area contributed by atoms with E-state index in [9.17, 15) is 0 Å². The fourth-order valence-corrected chi connectivity index (χ4v) is 1.06. The average Bonchev–Trinajstić information content (AvgIpc) is 2.38. The normalized spacial score (nSPS) is 9.91. The van der Waals surface area contributed by atoms with Gasteiger partial charge in [0.05, 0.1) is 0 Å². The highest BCUT2D eigenvalue weighted by atomic mass is 16.3. The van der Waals surface area contributed by atoms with Crippen molar-refractivity contribution in [1.29, 1.82) is 0 Å². The lowest BCUT2D eigenvalue weighted by Crippen LogP contribution is -1.76. The lowest BCUT2D eigenvalue weighted by molar-refractivity contribution is 0.472. The summed E-state index contributed by atoms with van der Waals surface area (Å²) in [6, 6.07) is 4.06. The van der Waals surface area contributed by atoms with Gasteiger partial charge in [-0.2, -0.15) is 0 Å². The first-order valence-corrected chi connectivity index (χ1v) is 4.05. The van der Waals surface area contributed by atoms with Crippen LogP contribution in [0.15, 0.2) is 29.2 Å². The molecule has 0 saturated heterocycles. The zero-order chi connectivity index (χ0) is 8.10. The Bertz CT molecular complexity index is 223. The minimum absolute atomic E-state index is 0.837. The van der Waals surface area contributed by atoms with Crippen molar-refractivity contribution in [2.75, 3.05) is 0 Å². The molecule has 0 aromatic carbocycles. The maximum atomic E-state index is 5.49. The molecule has 60 valence electrons. The summed E-state index contributed by atoms with van der Waals surface area (Å²) in [4.78, 5) is 0. The molecule has 0 unspecified atom stereocenters. The van der Waals surface area contributed by atoms with Gasteiger partial charge in [-0.3, -0.25) is 0 Å². The second-order valence-electron chi connectivity index (χ2n) is 2.61. The monoisotopic (exact) mass is 150 g/mol. The van der Waals surface area contributed by atoms with Crippen molar-refractivity contribution in [1.82, 2.24) is 0 Å². The van der Waals surface area contributed by atoms with Crippen molar-refractivity contribution < 1.29 is 4.42 Å². The fourth-order valence-electron chi connectivity index (χ4n) is 1.06. The zero-order valence-corrected chi connectivity index (χ0v) is 6.97. The van der Waals surface area contributed by atoms with Gasteiger partial charge < -0.3 is 4.42 Å². The standard InChI is InChI=1S/C10H14O/c1-3-5-9-7-8-10(11-9)6-4-2/h3,7-8H,1,4-6H2,2H3. The summed E-state index contributed by atoms with van der Waals surface area (Å²) in [6.45, 7) is 5.80. The maximum absolute atomic E-state index is 5.49. The largest absolute Gasteiger partial charge is 0.466 e. The van der Waals surface area contributed by atoms with Crippen LogP contribution in [-0.4, -0.2) is 0 Å². The molecule has 0 amide bonds. The van der Waals surface area contributed by atoms with Crippen LogP contribution in [0.3, 0.4) is 0 Å². The molecule has 0 saturated carbocycles. The predicted molar refractivity (Wildman–Crippen MR) is 46.6 cm³/mol. The number of hydrogen-bond acceptors (Lipinski definition) is 1. The van der Waals surface area contributed by atoms with Crippen LogP contribution in [-0.2, 0) is 12.8 Å². The van der Waals surface area contributed by atoms with Gasteiger partial charge in [0, 0.05) is 12.8 Å². The van der Waals surface area contributed by atoms with E-state index in [0.717, 1.165) is 30.8 Å². The molecule has 1 nitrogen and oxygen atoms in total. The predicted octanol–water partition coefficient (Wildman–Crippen LogP) is 2.96. The van der Waals surface area contributed by atoms with Gasteiger partial charge >= 0.3 is 0 Å². The van der Waals surface area contributed by atoms with E-state index >= 15 is 0 Å². The van der Waals surface area contributed by atoms with Gasteiger partial charge in [-0.05, 0) is 18.6 Å². The smallest absolute Gasteiger partial charge is 0.107 e. The van der Waals surface area contributed by atoms with Crippen molar-refractivity contribution in [2.45, 2.75) is 26.2 Å². The van der Waals surface area contributed by atoms with E-state index in [1.807, 2.05) is 18.2 Å². The van der Waals surface area contributed by atoms with Crippen LogP contribution in [0.25, 0.3) is 0 Å². The minimum atomic E-state index is 0.837. The van der Waals surface area contributed by atoms with Crippen LogP contribution in [0.2, 0.25) is 0 Å². The van der Waals surface area contributed by atoms with Crippen LogP contribution in [0.5, 0.6) is 0 Å². The lowest BCUT2D eigenvalue weighted by atomic mass is 10.3. The minimum Gasteiger partial charge on any atom is -0.466 e. The zero-order valence-electron chi connectivity index (χ0n) is 6.97. The molecule has 1 heterocycles. The summed E-state index contributed by atoms with van der Waals surface area (Å²) < 4.78 is 5.49. The van der Waals surface area contributed by atoms with Crippen LogP contribution < -0.4 is 0 Å². The second-order valence-corrected chi connectivity index (χ2v) is 2.61. The van der Waals surface area contributed by atoms with Crippen molar-refractivity contribution in [2.24, 2.45) is 0 Å². The quantitative estimate of drug-likeness (QED) is 0.601. The lowest BCUT2D eigenvalue weighted by Gasteiger charge is -1.90. The molecular formula is C10H14O. The highest BCUT2D eigenvalue weighted by molar-refractivity contribution is 5.09. The molecule has 1 aromatic heterocycles. The molecule has 0 fully saturated rings. The van der Waals surface area contributed by atoms with E-state index < -0.39 is 0 Å². The molecule has 0 aliphatic carbocycles. The van der Waals surface area contributed by atoms with Gasteiger partial charge in [-0.25, -0.2) is 0 Å². The molecule has 1 heteroatoms. The average molecular weight is 150 g/mol. The van der Waals surface area contributed by atoms with Crippen molar-refractivity contribution in [3.63, 3.8) is 0 Å². The summed E-state index contributed by atoms with van der Waals surface area (Å²) in [5, 5.41) is 0. The first-order chi connectivity index (χ1) is 5.36. The van der Waals surface area contributed by atoms with Crippen LogP contribution in [0, 0.1) is 0 Å². The Labute approximate surface area is 67.7 Å². The Hall–Kier alpha value is -0.980. The van der Waals surface area contributed by atoms with Crippen LogP contribution >= 0.6 is 0 Å². The molecule has 0 N–H and O–H groups in total. The second kappa shape index (κ2) is 4.02. The number of furan rings is 1. The Morgan fingerprint density at radius 3 is 2.82 bits per heavy atom. The fraction of sp³-hybridized carbons (Fsp3) is 0.400. The number of allylic oxidation sites excluding steroid dienone is 1. The third kappa shape index (κ3) is 2.26. The SMILES string of the molecule is C=CCc1ccc(CCC)o1. The van der Waals surface area contributed by atoms with Crippen molar-refractivity contribution in [3.05, 3.63) is 36.3 Å². The number of hydrogen-bond donors (Lipinski definition) is 0. The summed E-state index contributed by atoms with van der Waals surface area (Å²) in [7, 11) is 0. The molecule has 11 heavy (non-hydrogen) atoms. The van der Waals surface area contributed by atoms with E-state index in [4.69, 9.17) is 4.42 Å². The van der Waals surface area contributed by atoms with E-state index in [2.05, 4.69) is 13.5 Å². The molecule has 0 aliphatic heterocycles. The molecule has 1 aromatic rings. The summed E-state index contributed by atoms with van der Waals surface area (Å²) in [5.74, 6) is 2.10. The molecule has 1 rings (SSSR count). The molecule has 0 spiro atoms. The maximum Gasteiger partial charge on any atom is 0.107 e. The van der Waals surface area contributed by atoms with Gasteiger partial charge in [-0.15, -0.1) is 6.58 Å². The first kappa shape index (κ1) is 8.12. The molecular weight excluding hydrogens is 136 g/mol. The van der Waals surface area contributed by atoms with Gasteiger partial charge in [-0.1, -0.05) is 13.0 Å². The Balaban J connectivity index is 2.57. The molecule has 0 radical (unpaired) electrons. The summed E-state index contributed by atoms with van der Waals surface area (Å²) in [5.41, 5.74) is 0. The van der Waals surface area contributed by atoms with Gasteiger partial charge in [0.15, 0.2) is 0 Å². The van der Waals surface area contributed by atoms with E-state index in [1.165, 1.54) is 0 Å². The topological polar surface area (TPSA) is 13.1 Å². The van der Waals surface area contributed by atoms with E-state index in [1.54, 1.807) is 0 Å². The van der Waals surface area contributed by atoms with E-state index in [-0.39, 0.29) is 0 Å². The number of rotatable bonds is 4. The molecule has 0 atom stereocenters. The third-order valence-corrected chi connectivity index (χ3v) is 1.56. The Morgan fingerprint density at radius 2 is 2.18 bits per heavy atom. The highest BCUT2D eigenvalue weighted by Crippen LogP contribution is 2.10. The first-order valence-electron chi connectivity index (χ1n) is 4.05. The number of aryl methyl sites for hydroxylation is 1. The van der Waals surface area contributed by atoms with Gasteiger partial charge in [0.2, 0.25) is 0 Å².